The van der Waals surface area contributed by atoms with Gasteiger partial charge in [0, 0.05) is 31.2 Å². The number of aliphatic imine (C=N–C) groups is 1. The zero-order valence-electron chi connectivity index (χ0n) is 15.9. The summed E-state index contributed by atoms with van der Waals surface area (Å²) in [4.78, 5) is 29.8. The number of rotatable bonds is 3. The number of aromatic nitrogens is 3. The van der Waals surface area contributed by atoms with Crippen LogP contribution in [0, 0.1) is 5.82 Å². The molecule has 0 saturated heterocycles. The van der Waals surface area contributed by atoms with Crippen LogP contribution < -0.4 is 5.73 Å². The number of nitrogens with zero attached hydrogens (tertiary/aromatic N) is 5. The zero-order valence-corrected chi connectivity index (χ0v) is 15.9. The van der Waals surface area contributed by atoms with Gasteiger partial charge in [-0.3, -0.25) is 24.6 Å². The molecular weight excluding hydrogens is 416 g/mol. The van der Waals surface area contributed by atoms with Crippen LogP contribution in [-0.2, 0) is 16.5 Å². The minimum Gasteiger partial charge on any atom is -0.369 e. The molecule has 0 aliphatic carbocycles. The van der Waals surface area contributed by atoms with Crippen molar-refractivity contribution in [1.82, 2.24) is 19.9 Å². The number of benzene rings is 1. The minimum atomic E-state index is -4.76. The SMILES string of the molecule is CN1C(=O)C(c2cc(F)cc(-c3cnccn3)c2)(c2ccnc(C(F)(F)F)c2)N=C1N. The summed E-state index contributed by atoms with van der Waals surface area (Å²) in [7, 11) is 1.33. The Morgan fingerprint density at radius 2 is 1.81 bits per heavy atom. The van der Waals surface area contributed by atoms with E-state index < -0.39 is 29.1 Å². The number of nitrogens with two attached hydrogens (primary N) is 1. The molecule has 1 aliphatic rings. The van der Waals surface area contributed by atoms with E-state index in [1.54, 1.807) is 0 Å². The third-order valence-electron chi connectivity index (χ3n) is 4.88. The minimum absolute atomic E-state index is 0.00947. The van der Waals surface area contributed by atoms with Gasteiger partial charge in [-0.25, -0.2) is 9.38 Å². The van der Waals surface area contributed by atoms with Gasteiger partial charge >= 0.3 is 6.18 Å². The fourth-order valence-electron chi connectivity index (χ4n) is 3.39. The van der Waals surface area contributed by atoms with Crippen molar-refractivity contribution in [1.29, 1.82) is 0 Å². The molecule has 1 aromatic carbocycles. The van der Waals surface area contributed by atoms with E-state index in [1.165, 1.54) is 43.8 Å². The van der Waals surface area contributed by atoms with Gasteiger partial charge in [-0.1, -0.05) is 0 Å². The number of likely N-dealkylation sites (N-methyl/N-ethyl adjacent to an activating group) is 1. The maximum Gasteiger partial charge on any atom is 0.433 e. The maximum atomic E-state index is 14.6. The van der Waals surface area contributed by atoms with Crippen LogP contribution in [0.4, 0.5) is 17.6 Å². The smallest absolute Gasteiger partial charge is 0.369 e. The average molecular weight is 430 g/mol. The first-order chi connectivity index (χ1) is 14.6. The van der Waals surface area contributed by atoms with E-state index in [0.29, 0.717) is 11.8 Å². The van der Waals surface area contributed by atoms with Crippen LogP contribution in [0.25, 0.3) is 11.3 Å². The highest BCUT2D eigenvalue weighted by Crippen LogP contribution is 2.42. The molecule has 0 bridgehead atoms. The van der Waals surface area contributed by atoms with E-state index in [1.807, 2.05) is 0 Å². The average Bonchev–Trinajstić information content (AvgIpc) is 2.98. The van der Waals surface area contributed by atoms with Gasteiger partial charge in [0.1, 0.15) is 11.5 Å². The fraction of sp³-hybridized carbons (Fsp3) is 0.150. The van der Waals surface area contributed by atoms with Crippen molar-refractivity contribution in [3.8, 4) is 11.3 Å². The maximum absolute atomic E-state index is 14.6. The molecule has 3 heterocycles. The van der Waals surface area contributed by atoms with Crippen molar-refractivity contribution in [2.45, 2.75) is 11.7 Å². The summed E-state index contributed by atoms with van der Waals surface area (Å²) in [6.07, 6.45) is 0.382. The number of carbonyl (C=O) groups excluding carboxylic acids is 1. The zero-order chi connectivity index (χ0) is 22.4. The molecule has 31 heavy (non-hydrogen) atoms. The number of alkyl halides is 3. The number of pyridine rings is 1. The Morgan fingerprint density at radius 1 is 1.03 bits per heavy atom. The Hall–Kier alpha value is -3.89. The molecule has 0 radical (unpaired) electrons. The molecule has 0 spiro atoms. The number of carbonyl (C=O) groups is 1. The van der Waals surface area contributed by atoms with Crippen molar-refractivity contribution >= 4 is 11.9 Å². The highest BCUT2D eigenvalue weighted by Gasteiger charge is 2.50. The summed E-state index contributed by atoms with van der Waals surface area (Å²) in [6, 6.07) is 5.55. The third kappa shape index (κ3) is 3.37. The lowest BCUT2D eigenvalue weighted by atomic mass is 9.82. The normalized spacial score (nSPS) is 18.9. The molecule has 1 amide bonds. The molecule has 1 atom stereocenters. The van der Waals surface area contributed by atoms with Crippen LogP contribution in [0.5, 0.6) is 0 Å². The van der Waals surface area contributed by atoms with E-state index >= 15 is 0 Å². The second kappa shape index (κ2) is 7.11. The van der Waals surface area contributed by atoms with Gasteiger partial charge in [-0.2, -0.15) is 13.2 Å². The molecular formula is C20H14F4N6O. The highest BCUT2D eigenvalue weighted by atomic mass is 19.4. The first-order valence-electron chi connectivity index (χ1n) is 8.87. The second-order valence-electron chi connectivity index (χ2n) is 6.79. The van der Waals surface area contributed by atoms with Crippen LogP contribution >= 0.6 is 0 Å². The largest absolute Gasteiger partial charge is 0.433 e. The van der Waals surface area contributed by atoms with E-state index in [2.05, 4.69) is 19.9 Å². The molecule has 1 unspecified atom stereocenters. The fourth-order valence-corrected chi connectivity index (χ4v) is 3.39. The molecule has 2 aromatic heterocycles. The summed E-state index contributed by atoms with van der Waals surface area (Å²) < 4.78 is 54.5. The van der Waals surface area contributed by atoms with Gasteiger partial charge in [-0.15, -0.1) is 0 Å². The van der Waals surface area contributed by atoms with Gasteiger partial charge < -0.3 is 5.73 Å². The van der Waals surface area contributed by atoms with E-state index in [-0.39, 0.29) is 22.6 Å². The van der Waals surface area contributed by atoms with Gasteiger partial charge in [0.15, 0.2) is 11.5 Å². The van der Waals surface area contributed by atoms with E-state index in [0.717, 1.165) is 17.2 Å². The molecule has 3 aromatic rings. The lowest BCUT2D eigenvalue weighted by Crippen LogP contribution is -2.41. The van der Waals surface area contributed by atoms with Gasteiger partial charge in [0.25, 0.3) is 5.91 Å². The van der Waals surface area contributed by atoms with Crippen LogP contribution in [0.3, 0.4) is 0 Å². The van der Waals surface area contributed by atoms with Crippen molar-refractivity contribution in [2.75, 3.05) is 7.05 Å². The summed E-state index contributed by atoms with van der Waals surface area (Å²) in [5, 5.41) is 0. The third-order valence-corrected chi connectivity index (χ3v) is 4.88. The topological polar surface area (TPSA) is 97.4 Å². The number of hydrogen-bond donors (Lipinski definition) is 1. The molecule has 7 nitrogen and oxygen atoms in total. The molecule has 1 aliphatic heterocycles. The molecule has 0 fully saturated rings. The Balaban J connectivity index is 1.99. The summed E-state index contributed by atoms with van der Waals surface area (Å²) in [5.74, 6) is -1.69. The van der Waals surface area contributed by atoms with Crippen molar-refractivity contribution in [3.05, 3.63) is 77.8 Å². The summed E-state index contributed by atoms with van der Waals surface area (Å²) >= 11 is 0. The quantitative estimate of drug-likeness (QED) is 0.645. The van der Waals surface area contributed by atoms with Crippen LogP contribution in [-0.4, -0.2) is 38.8 Å². The summed E-state index contributed by atoms with van der Waals surface area (Å²) in [6.45, 7) is 0. The van der Waals surface area contributed by atoms with Gasteiger partial charge in [-0.05, 0) is 41.5 Å². The molecule has 158 valence electrons. The van der Waals surface area contributed by atoms with Crippen LogP contribution in [0.2, 0.25) is 0 Å². The van der Waals surface area contributed by atoms with Crippen molar-refractivity contribution in [2.24, 2.45) is 10.7 Å². The summed E-state index contributed by atoms with van der Waals surface area (Å²) in [5.41, 5.74) is 3.00. The molecule has 2 N–H and O–H groups in total. The van der Waals surface area contributed by atoms with Crippen molar-refractivity contribution in [3.63, 3.8) is 0 Å². The van der Waals surface area contributed by atoms with Crippen LogP contribution in [0.1, 0.15) is 16.8 Å². The predicted molar refractivity (Wildman–Crippen MR) is 102 cm³/mol. The molecule has 11 heteroatoms. The molecule has 0 saturated carbocycles. The lowest BCUT2D eigenvalue weighted by molar-refractivity contribution is -0.141. The predicted octanol–water partition coefficient (Wildman–Crippen LogP) is 2.73. The van der Waals surface area contributed by atoms with Crippen LogP contribution in [0.15, 0.2) is 60.1 Å². The monoisotopic (exact) mass is 430 g/mol. The Bertz CT molecular complexity index is 1200. The Morgan fingerprint density at radius 3 is 2.42 bits per heavy atom. The highest BCUT2D eigenvalue weighted by molar-refractivity contribution is 6.09. The number of amides is 1. The van der Waals surface area contributed by atoms with Crippen molar-refractivity contribution < 1.29 is 22.4 Å². The number of halogens is 4. The standard InChI is InChI=1S/C20H14F4N6O/c1-30-17(31)19(29-18(30)25,12-2-3-28-16(9-12)20(22,23)24)13-6-11(7-14(21)8-13)15-10-26-4-5-27-15/h2-10H,1H3,(H2,25,29). The lowest BCUT2D eigenvalue weighted by Gasteiger charge is -2.27. The van der Waals surface area contributed by atoms with E-state index in [4.69, 9.17) is 5.73 Å². The van der Waals surface area contributed by atoms with E-state index in [9.17, 15) is 22.4 Å². The number of hydrogen-bond acceptors (Lipinski definition) is 6. The van der Waals surface area contributed by atoms with Gasteiger partial charge in [0.05, 0.1) is 11.9 Å². The van der Waals surface area contributed by atoms with Gasteiger partial charge in [0.2, 0.25) is 0 Å². The Kier molecular flexibility index (Phi) is 4.68. The number of guanidine groups is 1. The molecule has 4 rings (SSSR count). The first-order valence-corrected chi connectivity index (χ1v) is 8.87. The Labute approximate surface area is 173 Å². The first kappa shape index (κ1) is 20.4. The second-order valence-corrected chi connectivity index (χ2v) is 6.79.